The second-order valence-corrected chi connectivity index (χ2v) is 6.09. The number of guanidine groups is 1. The molecule has 19 heavy (non-hydrogen) atoms. The van der Waals surface area contributed by atoms with Crippen molar-refractivity contribution < 1.29 is 9.47 Å². The van der Waals surface area contributed by atoms with Crippen LogP contribution in [-0.2, 0) is 9.47 Å². The van der Waals surface area contributed by atoms with Crippen LogP contribution in [0.3, 0.4) is 0 Å². The number of nitrogens with zero attached hydrogens (tertiary/aromatic N) is 1. The Morgan fingerprint density at radius 2 is 2.16 bits per heavy atom. The maximum Gasteiger partial charge on any atom is 0.191 e. The minimum atomic E-state index is 0. The van der Waals surface area contributed by atoms with E-state index in [9.17, 15) is 0 Å². The first-order valence-electron chi connectivity index (χ1n) is 6.89. The van der Waals surface area contributed by atoms with Gasteiger partial charge in [0, 0.05) is 19.0 Å². The molecule has 110 valence electrons. The van der Waals surface area contributed by atoms with Gasteiger partial charge in [-0.3, -0.25) is 4.99 Å². The molecule has 2 bridgehead atoms. The summed E-state index contributed by atoms with van der Waals surface area (Å²) in [5, 5.41) is 6.89. The smallest absolute Gasteiger partial charge is 0.191 e. The van der Waals surface area contributed by atoms with Crippen LogP contribution in [0.15, 0.2) is 4.99 Å². The van der Waals surface area contributed by atoms with Crippen molar-refractivity contribution in [3.63, 3.8) is 0 Å². The van der Waals surface area contributed by atoms with Crippen LogP contribution in [0.5, 0.6) is 0 Å². The summed E-state index contributed by atoms with van der Waals surface area (Å²) in [7, 11) is 1.82. The van der Waals surface area contributed by atoms with Gasteiger partial charge in [0.2, 0.25) is 0 Å². The Kier molecular flexibility index (Phi) is 4.94. The zero-order valence-electron chi connectivity index (χ0n) is 11.6. The molecule has 3 atom stereocenters. The van der Waals surface area contributed by atoms with Crippen molar-refractivity contribution >= 4 is 29.9 Å². The predicted octanol–water partition coefficient (Wildman–Crippen LogP) is 1.13. The molecular weight excluding hydrogens is 357 g/mol. The lowest BCUT2D eigenvalue weighted by atomic mass is 9.89. The molecule has 0 aromatic carbocycles. The fourth-order valence-corrected chi connectivity index (χ4v) is 3.01. The van der Waals surface area contributed by atoms with E-state index in [1.807, 2.05) is 7.05 Å². The van der Waals surface area contributed by atoms with Crippen molar-refractivity contribution in [2.45, 2.75) is 44.4 Å². The molecule has 6 heteroatoms. The van der Waals surface area contributed by atoms with E-state index in [0.29, 0.717) is 18.2 Å². The van der Waals surface area contributed by atoms with E-state index >= 15 is 0 Å². The highest BCUT2D eigenvalue weighted by atomic mass is 127. The van der Waals surface area contributed by atoms with E-state index < -0.39 is 0 Å². The molecule has 0 aromatic rings. The van der Waals surface area contributed by atoms with Crippen molar-refractivity contribution in [1.82, 2.24) is 10.6 Å². The number of ether oxygens (including phenoxy) is 2. The van der Waals surface area contributed by atoms with Crippen molar-refractivity contribution in [3.8, 4) is 0 Å². The van der Waals surface area contributed by atoms with Crippen LogP contribution in [0.25, 0.3) is 0 Å². The number of rotatable bonds is 3. The van der Waals surface area contributed by atoms with Crippen molar-refractivity contribution in [1.29, 1.82) is 0 Å². The SMILES string of the molecule is CN=C(NCC1(C)COC1)NC1CC2CCC1O2.I. The second kappa shape index (κ2) is 6.13. The van der Waals surface area contributed by atoms with Gasteiger partial charge in [0.05, 0.1) is 31.5 Å². The number of hydrogen-bond donors (Lipinski definition) is 2. The molecule has 3 saturated heterocycles. The maximum absolute atomic E-state index is 5.84. The molecule has 3 rings (SSSR count). The van der Waals surface area contributed by atoms with Crippen LogP contribution in [0.1, 0.15) is 26.2 Å². The number of hydrogen-bond acceptors (Lipinski definition) is 3. The lowest BCUT2D eigenvalue weighted by molar-refractivity contribution is -0.0971. The van der Waals surface area contributed by atoms with Crippen molar-refractivity contribution in [2.24, 2.45) is 10.4 Å². The molecule has 0 saturated carbocycles. The van der Waals surface area contributed by atoms with Gasteiger partial charge in [-0.05, 0) is 19.3 Å². The van der Waals surface area contributed by atoms with Crippen LogP contribution in [0.2, 0.25) is 0 Å². The monoisotopic (exact) mass is 381 g/mol. The van der Waals surface area contributed by atoms with E-state index in [1.165, 1.54) is 12.8 Å². The fraction of sp³-hybridized carbons (Fsp3) is 0.923. The third-order valence-corrected chi connectivity index (χ3v) is 4.24. The molecule has 3 aliphatic heterocycles. The first-order chi connectivity index (χ1) is 8.68. The number of halogens is 1. The molecule has 2 N–H and O–H groups in total. The minimum absolute atomic E-state index is 0. The van der Waals surface area contributed by atoms with E-state index in [1.54, 1.807) is 0 Å². The molecule has 5 nitrogen and oxygen atoms in total. The molecule has 3 unspecified atom stereocenters. The van der Waals surface area contributed by atoms with Crippen molar-refractivity contribution in [2.75, 3.05) is 26.8 Å². The Hall–Kier alpha value is -0.0800. The summed E-state index contributed by atoms with van der Waals surface area (Å²) in [6, 6.07) is 0.431. The van der Waals surface area contributed by atoms with Gasteiger partial charge in [-0.25, -0.2) is 0 Å². The van der Waals surface area contributed by atoms with Gasteiger partial charge in [-0.1, -0.05) is 6.92 Å². The van der Waals surface area contributed by atoms with Crippen LogP contribution in [-0.4, -0.2) is 51.0 Å². The summed E-state index contributed by atoms with van der Waals surface area (Å²) in [5.74, 6) is 0.893. The highest BCUT2D eigenvalue weighted by Gasteiger charge is 2.41. The highest BCUT2D eigenvalue weighted by Crippen LogP contribution is 2.34. The predicted molar refractivity (Wildman–Crippen MR) is 85.1 cm³/mol. The Morgan fingerprint density at radius 1 is 1.37 bits per heavy atom. The molecule has 3 aliphatic rings. The molecular formula is C13H24IN3O2. The average molecular weight is 381 g/mol. The number of aliphatic imine (C=N–C) groups is 1. The summed E-state index contributed by atoms with van der Waals surface area (Å²) in [6.45, 7) is 4.83. The standard InChI is InChI=1S/C13H23N3O2.HI/c1-13(7-17-8-13)6-15-12(14-2)16-10-5-9-3-4-11(10)18-9;/h9-11H,3-8H2,1-2H3,(H2,14,15,16);1H. The van der Waals surface area contributed by atoms with Gasteiger partial charge in [0.15, 0.2) is 5.96 Å². The van der Waals surface area contributed by atoms with E-state index in [0.717, 1.165) is 32.1 Å². The summed E-state index contributed by atoms with van der Waals surface area (Å²) in [5.41, 5.74) is 0.267. The summed E-state index contributed by atoms with van der Waals surface area (Å²) in [6.07, 6.45) is 4.39. The Morgan fingerprint density at radius 3 is 2.63 bits per heavy atom. The Bertz CT molecular complexity index is 347. The lowest BCUT2D eigenvalue weighted by Crippen LogP contribution is -2.53. The van der Waals surface area contributed by atoms with Gasteiger partial charge < -0.3 is 20.1 Å². The first-order valence-corrected chi connectivity index (χ1v) is 6.89. The zero-order valence-corrected chi connectivity index (χ0v) is 14.0. The molecule has 3 heterocycles. The lowest BCUT2D eigenvalue weighted by Gasteiger charge is -2.38. The third-order valence-electron chi connectivity index (χ3n) is 4.24. The topological polar surface area (TPSA) is 54.9 Å². The van der Waals surface area contributed by atoms with Gasteiger partial charge in [-0.2, -0.15) is 0 Å². The molecule has 3 fully saturated rings. The summed E-state index contributed by atoms with van der Waals surface area (Å²) < 4.78 is 11.1. The van der Waals surface area contributed by atoms with E-state index in [-0.39, 0.29) is 29.4 Å². The Labute approximate surface area is 131 Å². The fourth-order valence-electron chi connectivity index (χ4n) is 3.01. The second-order valence-electron chi connectivity index (χ2n) is 6.09. The van der Waals surface area contributed by atoms with Gasteiger partial charge in [-0.15, -0.1) is 24.0 Å². The Balaban J connectivity index is 0.00000133. The quantitative estimate of drug-likeness (QED) is 0.437. The van der Waals surface area contributed by atoms with Crippen LogP contribution >= 0.6 is 24.0 Å². The highest BCUT2D eigenvalue weighted by molar-refractivity contribution is 14.0. The number of nitrogens with one attached hydrogen (secondary N) is 2. The molecule has 0 aromatic heterocycles. The average Bonchev–Trinajstić information content (AvgIpc) is 2.94. The normalized spacial score (nSPS) is 35.5. The van der Waals surface area contributed by atoms with E-state index in [4.69, 9.17) is 9.47 Å². The maximum atomic E-state index is 5.84. The summed E-state index contributed by atoms with van der Waals surface area (Å²) >= 11 is 0. The van der Waals surface area contributed by atoms with Crippen molar-refractivity contribution in [3.05, 3.63) is 0 Å². The summed E-state index contributed by atoms with van der Waals surface area (Å²) in [4.78, 5) is 4.29. The van der Waals surface area contributed by atoms with Gasteiger partial charge in [0.1, 0.15) is 0 Å². The molecule has 0 radical (unpaired) electrons. The minimum Gasteiger partial charge on any atom is -0.380 e. The van der Waals surface area contributed by atoms with E-state index in [2.05, 4.69) is 22.5 Å². The van der Waals surface area contributed by atoms with Gasteiger partial charge >= 0.3 is 0 Å². The largest absolute Gasteiger partial charge is 0.380 e. The van der Waals surface area contributed by atoms with Gasteiger partial charge in [0.25, 0.3) is 0 Å². The third kappa shape index (κ3) is 3.33. The molecule has 0 aliphatic carbocycles. The molecule has 0 amide bonds. The van der Waals surface area contributed by atoms with Crippen LogP contribution < -0.4 is 10.6 Å². The van der Waals surface area contributed by atoms with Crippen LogP contribution in [0, 0.1) is 5.41 Å². The number of fused-ring (bicyclic) bond motifs is 2. The molecule has 0 spiro atoms. The van der Waals surface area contributed by atoms with Crippen LogP contribution in [0.4, 0.5) is 0 Å². The first kappa shape index (κ1) is 15.3. The zero-order chi connectivity index (χ0) is 12.6.